The number of halogens is 1. The molecule has 1 aromatic carbocycles. The lowest BCUT2D eigenvalue weighted by molar-refractivity contribution is 0.0953. The maximum atomic E-state index is 11.9. The van der Waals surface area contributed by atoms with Gasteiger partial charge in [-0.05, 0) is 37.1 Å². The number of unbranched alkanes of at least 4 members (excludes halogenated alkanes) is 1. The zero-order chi connectivity index (χ0) is 12.8. The molecule has 0 aliphatic carbocycles. The molecule has 0 radical (unpaired) electrons. The van der Waals surface area contributed by atoms with E-state index in [1.165, 1.54) is 0 Å². The van der Waals surface area contributed by atoms with Gasteiger partial charge in [-0.2, -0.15) is 0 Å². The molecule has 1 amide bonds. The first-order valence-corrected chi connectivity index (χ1v) is 6.53. The van der Waals surface area contributed by atoms with Crippen LogP contribution in [0.15, 0.2) is 36.5 Å². The first-order valence-electron chi connectivity index (χ1n) is 6.00. The van der Waals surface area contributed by atoms with Crippen LogP contribution in [-0.4, -0.2) is 23.3 Å². The molecule has 0 fully saturated rings. The molecule has 94 valence electrons. The van der Waals surface area contributed by atoms with Crippen LogP contribution in [0.4, 0.5) is 0 Å². The smallest absolute Gasteiger partial charge is 0.251 e. The van der Waals surface area contributed by atoms with E-state index in [4.69, 9.17) is 11.6 Å². The van der Waals surface area contributed by atoms with Crippen molar-refractivity contribution >= 4 is 28.4 Å². The number of nitrogens with one attached hydrogen (secondary N) is 1. The Bertz CT molecular complexity index is 542. The molecule has 0 aliphatic heterocycles. The summed E-state index contributed by atoms with van der Waals surface area (Å²) in [4.78, 5) is 16.1. The van der Waals surface area contributed by atoms with E-state index in [0.29, 0.717) is 18.0 Å². The molecule has 0 saturated carbocycles. The second kappa shape index (κ2) is 6.36. The quantitative estimate of drug-likeness (QED) is 0.665. The predicted molar refractivity (Wildman–Crippen MR) is 74.0 cm³/mol. The van der Waals surface area contributed by atoms with Gasteiger partial charge in [0.2, 0.25) is 0 Å². The fourth-order valence-electron chi connectivity index (χ4n) is 1.74. The number of alkyl halides is 1. The predicted octanol–water partition coefficient (Wildman–Crippen LogP) is 2.98. The highest BCUT2D eigenvalue weighted by Crippen LogP contribution is 2.13. The number of benzene rings is 1. The normalized spacial score (nSPS) is 10.5. The van der Waals surface area contributed by atoms with E-state index in [-0.39, 0.29) is 5.91 Å². The van der Waals surface area contributed by atoms with Crippen LogP contribution in [0.25, 0.3) is 10.9 Å². The lowest BCUT2D eigenvalue weighted by Gasteiger charge is -2.05. The summed E-state index contributed by atoms with van der Waals surface area (Å²) < 4.78 is 0. The van der Waals surface area contributed by atoms with Crippen molar-refractivity contribution in [2.45, 2.75) is 12.8 Å². The Morgan fingerprint density at radius 3 is 3.00 bits per heavy atom. The Kier molecular flexibility index (Phi) is 4.53. The molecule has 3 nitrogen and oxygen atoms in total. The SMILES string of the molecule is O=C(NCCCCCl)c1ccc2ncccc2c1. The van der Waals surface area contributed by atoms with Gasteiger partial charge < -0.3 is 5.32 Å². The van der Waals surface area contributed by atoms with Gasteiger partial charge in [0.25, 0.3) is 5.91 Å². The number of fused-ring (bicyclic) bond motifs is 1. The molecule has 1 aromatic heterocycles. The molecule has 1 N–H and O–H groups in total. The summed E-state index contributed by atoms with van der Waals surface area (Å²) in [6.07, 6.45) is 3.57. The summed E-state index contributed by atoms with van der Waals surface area (Å²) in [5.41, 5.74) is 1.57. The van der Waals surface area contributed by atoms with Crippen molar-refractivity contribution in [2.24, 2.45) is 0 Å². The first-order chi connectivity index (χ1) is 8.81. The number of hydrogen-bond acceptors (Lipinski definition) is 2. The molecule has 0 aliphatic rings. The number of nitrogens with zero attached hydrogens (tertiary/aromatic N) is 1. The maximum absolute atomic E-state index is 11.9. The Labute approximate surface area is 111 Å². The maximum Gasteiger partial charge on any atom is 0.251 e. The molecule has 0 bridgehead atoms. The number of rotatable bonds is 5. The number of amides is 1. The van der Waals surface area contributed by atoms with Gasteiger partial charge in [-0.3, -0.25) is 9.78 Å². The molecule has 0 unspecified atom stereocenters. The summed E-state index contributed by atoms with van der Waals surface area (Å²) in [6, 6.07) is 9.34. The average molecular weight is 263 g/mol. The Morgan fingerprint density at radius 2 is 2.17 bits per heavy atom. The molecule has 2 rings (SSSR count). The number of pyridine rings is 1. The number of aromatic nitrogens is 1. The third-order valence-electron chi connectivity index (χ3n) is 2.71. The van der Waals surface area contributed by atoms with Crippen molar-refractivity contribution in [3.05, 3.63) is 42.1 Å². The standard InChI is InChI=1S/C14H15ClN2O/c15-7-1-2-8-17-14(18)12-5-6-13-11(10-12)4-3-9-16-13/h3-6,9-10H,1-2,7-8H2,(H,17,18). The number of carbonyl (C=O) groups is 1. The van der Waals surface area contributed by atoms with Crippen molar-refractivity contribution in [3.8, 4) is 0 Å². The van der Waals surface area contributed by atoms with Crippen molar-refractivity contribution in [3.63, 3.8) is 0 Å². The molecule has 4 heteroatoms. The molecule has 0 saturated heterocycles. The van der Waals surface area contributed by atoms with Crippen LogP contribution in [-0.2, 0) is 0 Å². The first kappa shape index (κ1) is 12.8. The van der Waals surface area contributed by atoms with Gasteiger partial charge in [-0.25, -0.2) is 0 Å². The highest BCUT2D eigenvalue weighted by atomic mass is 35.5. The van der Waals surface area contributed by atoms with E-state index in [1.54, 1.807) is 12.3 Å². The summed E-state index contributed by atoms with van der Waals surface area (Å²) in [5.74, 6) is 0.590. The second-order valence-electron chi connectivity index (χ2n) is 4.06. The second-order valence-corrected chi connectivity index (χ2v) is 4.44. The molecular formula is C14H15ClN2O. The molecular weight excluding hydrogens is 248 g/mol. The van der Waals surface area contributed by atoms with E-state index in [0.717, 1.165) is 23.7 Å². The minimum absolute atomic E-state index is 0.0460. The van der Waals surface area contributed by atoms with Crippen LogP contribution in [0.1, 0.15) is 23.2 Å². The lowest BCUT2D eigenvalue weighted by atomic mass is 10.1. The van der Waals surface area contributed by atoms with Crippen molar-refractivity contribution in [2.75, 3.05) is 12.4 Å². The van der Waals surface area contributed by atoms with Crippen molar-refractivity contribution in [1.82, 2.24) is 10.3 Å². The summed E-state index contributed by atoms with van der Waals surface area (Å²) in [7, 11) is 0. The van der Waals surface area contributed by atoms with Crippen LogP contribution in [0.3, 0.4) is 0 Å². The summed E-state index contributed by atoms with van der Waals surface area (Å²) >= 11 is 5.58. The zero-order valence-corrected chi connectivity index (χ0v) is 10.8. The molecule has 0 spiro atoms. The summed E-state index contributed by atoms with van der Waals surface area (Å²) in [5, 5.41) is 3.86. The van der Waals surface area contributed by atoms with E-state index in [2.05, 4.69) is 10.3 Å². The van der Waals surface area contributed by atoms with Crippen LogP contribution >= 0.6 is 11.6 Å². The van der Waals surface area contributed by atoms with Crippen LogP contribution < -0.4 is 5.32 Å². The van der Waals surface area contributed by atoms with E-state index >= 15 is 0 Å². The molecule has 2 aromatic rings. The fraction of sp³-hybridized carbons (Fsp3) is 0.286. The monoisotopic (exact) mass is 262 g/mol. The van der Waals surface area contributed by atoms with Gasteiger partial charge in [0.1, 0.15) is 0 Å². The Morgan fingerprint density at radius 1 is 1.28 bits per heavy atom. The van der Waals surface area contributed by atoms with Crippen molar-refractivity contribution in [1.29, 1.82) is 0 Å². The minimum Gasteiger partial charge on any atom is -0.352 e. The summed E-state index contributed by atoms with van der Waals surface area (Å²) in [6.45, 7) is 0.663. The van der Waals surface area contributed by atoms with Crippen molar-refractivity contribution < 1.29 is 4.79 Å². The van der Waals surface area contributed by atoms with Gasteiger partial charge in [0, 0.05) is 29.6 Å². The van der Waals surface area contributed by atoms with E-state index < -0.39 is 0 Å². The minimum atomic E-state index is -0.0460. The van der Waals surface area contributed by atoms with Crippen LogP contribution in [0.5, 0.6) is 0 Å². The molecule has 1 heterocycles. The molecule has 0 atom stereocenters. The Hall–Kier alpha value is -1.61. The average Bonchev–Trinajstić information content (AvgIpc) is 2.43. The van der Waals surface area contributed by atoms with Gasteiger partial charge in [0.05, 0.1) is 5.52 Å². The van der Waals surface area contributed by atoms with E-state index in [1.807, 2.05) is 24.3 Å². The highest BCUT2D eigenvalue weighted by molar-refractivity contribution is 6.17. The lowest BCUT2D eigenvalue weighted by Crippen LogP contribution is -2.24. The highest BCUT2D eigenvalue weighted by Gasteiger charge is 2.05. The van der Waals surface area contributed by atoms with Crippen LogP contribution in [0.2, 0.25) is 0 Å². The Balaban J connectivity index is 2.04. The third-order valence-corrected chi connectivity index (χ3v) is 2.98. The van der Waals surface area contributed by atoms with Gasteiger partial charge in [0.15, 0.2) is 0 Å². The van der Waals surface area contributed by atoms with Crippen LogP contribution in [0, 0.1) is 0 Å². The van der Waals surface area contributed by atoms with Gasteiger partial charge in [-0.15, -0.1) is 11.6 Å². The third kappa shape index (κ3) is 3.20. The molecule has 18 heavy (non-hydrogen) atoms. The van der Waals surface area contributed by atoms with E-state index in [9.17, 15) is 4.79 Å². The topological polar surface area (TPSA) is 42.0 Å². The fourth-order valence-corrected chi connectivity index (χ4v) is 1.93. The zero-order valence-electron chi connectivity index (χ0n) is 10.0. The van der Waals surface area contributed by atoms with Gasteiger partial charge in [-0.1, -0.05) is 6.07 Å². The van der Waals surface area contributed by atoms with Gasteiger partial charge >= 0.3 is 0 Å². The largest absolute Gasteiger partial charge is 0.352 e. The number of hydrogen-bond donors (Lipinski definition) is 1. The number of carbonyl (C=O) groups excluding carboxylic acids is 1.